The first-order valence-corrected chi connectivity index (χ1v) is 5.15. The monoisotopic (exact) mass is 210 g/mol. The quantitative estimate of drug-likeness (QED) is 0.507. The molecule has 2 rings (SSSR count). The van der Waals surface area contributed by atoms with Gasteiger partial charge in [0.05, 0.1) is 18.1 Å². The molecule has 1 heterocycles. The number of nitro groups is 1. The van der Waals surface area contributed by atoms with Gasteiger partial charge in [0.25, 0.3) is 5.70 Å². The minimum Gasteiger partial charge on any atom is -0.378 e. The first kappa shape index (κ1) is 10.2. The molecule has 1 saturated heterocycles. The molecule has 2 aliphatic rings. The average molecular weight is 210 g/mol. The zero-order valence-corrected chi connectivity index (χ0v) is 8.52. The van der Waals surface area contributed by atoms with Gasteiger partial charge in [0.2, 0.25) is 0 Å². The van der Waals surface area contributed by atoms with Gasteiger partial charge in [-0.1, -0.05) is 0 Å². The van der Waals surface area contributed by atoms with Crippen molar-refractivity contribution in [1.82, 2.24) is 4.90 Å². The van der Waals surface area contributed by atoms with Crippen molar-refractivity contribution in [3.8, 4) is 0 Å². The third-order valence-electron chi connectivity index (χ3n) is 2.70. The van der Waals surface area contributed by atoms with Crippen molar-refractivity contribution in [2.45, 2.75) is 12.8 Å². The lowest BCUT2D eigenvalue weighted by Crippen LogP contribution is -2.36. The summed E-state index contributed by atoms with van der Waals surface area (Å²) in [5, 5.41) is 10.6. The normalized spacial score (nSPS) is 22.0. The summed E-state index contributed by atoms with van der Waals surface area (Å²) in [6.45, 7) is 3.12. The van der Waals surface area contributed by atoms with E-state index in [0.717, 1.165) is 44.8 Å². The molecule has 0 aromatic carbocycles. The minimum absolute atomic E-state index is 0.225. The van der Waals surface area contributed by atoms with E-state index in [9.17, 15) is 10.1 Å². The summed E-state index contributed by atoms with van der Waals surface area (Å²) in [4.78, 5) is 12.5. The topological polar surface area (TPSA) is 55.6 Å². The van der Waals surface area contributed by atoms with Crippen LogP contribution < -0.4 is 0 Å². The van der Waals surface area contributed by atoms with Crippen molar-refractivity contribution in [2.75, 3.05) is 26.3 Å². The molecule has 0 radical (unpaired) electrons. The smallest absolute Gasteiger partial charge is 0.267 e. The number of nitrogens with zero attached hydrogens (tertiary/aromatic N) is 2. The zero-order chi connectivity index (χ0) is 10.7. The highest BCUT2D eigenvalue weighted by Gasteiger charge is 2.19. The van der Waals surface area contributed by atoms with E-state index in [0.29, 0.717) is 0 Å². The number of morpholine rings is 1. The lowest BCUT2D eigenvalue weighted by molar-refractivity contribution is -0.419. The molecule has 0 amide bonds. The number of allylic oxidation sites excluding steroid dienone is 3. The predicted molar refractivity (Wildman–Crippen MR) is 54.8 cm³/mol. The Bertz CT molecular complexity index is 317. The second kappa shape index (κ2) is 4.44. The molecule has 0 aromatic heterocycles. The third-order valence-corrected chi connectivity index (χ3v) is 2.70. The van der Waals surface area contributed by atoms with Crippen molar-refractivity contribution in [1.29, 1.82) is 0 Å². The zero-order valence-electron chi connectivity index (χ0n) is 8.52. The SMILES string of the molecule is O=[N+]([O-])C1=CCCC(N2CCOCC2)=C1. The number of ether oxygens (including phenoxy) is 1. The second-order valence-corrected chi connectivity index (χ2v) is 3.66. The molecule has 15 heavy (non-hydrogen) atoms. The fraction of sp³-hybridized carbons (Fsp3) is 0.600. The van der Waals surface area contributed by atoms with Gasteiger partial charge in [-0.05, 0) is 18.9 Å². The van der Waals surface area contributed by atoms with Gasteiger partial charge in [-0.15, -0.1) is 0 Å². The van der Waals surface area contributed by atoms with Crippen LogP contribution in [0.4, 0.5) is 0 Å². The van der Waals surface area contributed by atoms with E-state index in [-0.39, 0.29) is 10.6 Å². The molecule has 82 valence electrons. The second-order valence-electron chi connectivity index (χ2n) is 3.66. The van der Waals surface area contributed by atoms with E-state index in [1.165, 1.54) is 0 Å². The van der Waals surface area contributed by atoms with Crippen LogP contribution in [0.15, 0.2) is 23.5 Å². The Labute approximate surface area is 88.2 Å². The maximum Gasteiger partial charge on any atom is 0.267 e. The fourth-order valence-electron chi connectivity index (χ4n) is 1.90. The van der Waals surface area contributed by atoms with Crippen LogP contribution in [-0.2, 0) is 4.74 Å². The lowest BCUT2D eigenvalue weighted by Gasteiger charge is -2.31. The average Bonchev–Trinajstić information content (AvgIpc) is 2.30. The molecule has 0 N–H and O–H groups in total. The molecule has 0 aromatic rings. The summed E-state index contributed by atoms with van der Waals surface area (Å²) < 4.78 is 5.25. The number of rotatable bonds is 2. The van der Waals surface area contributed by atoms with Gasteiger partial charge >= 0.3 is 0 Å². The van der Waals surface area contributed by atoms with E-state index in [1.54, 1.807) is 12.2 Å². The maximum absolute atomic E-state index is 10.6. The molecular weight excluding hydrogens is 196 g/mol. The van der Waals surface area contributed by atoms with E-state index in [2.05, 4.69) is 4.90 Å². The first-order chi connectivity index (χ1) is 7.27. The van der Waals surface area contributed by atoms with E-state index in [1.807, 2.05) is 0 Å². The van der Waals surface area contributed by atoms with Gasteiger partial charge in [0.15, 0.2) is 0 Å². The third kappa shape index (κ3) is 2.36. The van der Waals surface area contributed by atoms with Crippen molar-refractivity contribution in [3.63, 3.8) is 0 Å². The summed E-state index contributed by atoms with van der Waals surface area (Å²) in [6.07, 6.45) is 5.04. The van der Waals surface area contributed by atoms with E-state index < -0.39 is 0 Å². The van der Waals surface area contributed by atoms with Gasteiger partial charge in [-0.25, -0.2) is 0 Å². The highest BCUT2D eigenvalue weighted by Crippen LogP contribution is 2.21. The summed E-state index contributed by atoms with van der Waals surface area (Å²) in [6, 6.07) is 0. The van der Waals surface area contributed by atoms with Crippen molar-refractivity contribution < 1.29 is 9.66 Å². The molecule has 0 saturated carbocycles. The number of hydrogen-bond donors (Lipinski definition) is 0. The highest BCUT2D eigenvalue weighted by atomic mass is 16.6. The van der Waals surface area contributed by atoms with Crippen LogP contribution >= 0.6 is 0 Å². The Hall–Kier alpha value is -1.36. The standard InChI is InChI=1S/C10H14N2O3/c13-12(14)10-3-1-2-9(8-10)11-4-6-15-7-5-11/h3,8H,1-2,4-7H2. The van der Waals surface area contributed by atoms with Crippen molar-refractivity contribution in [3.05, 3.63) is 33.7 Å². The molecule has 1 aliphatic carbocycles. The molecule has 0 atom stereocenters. The molecule has 5 heteroatoms. The number of hydrogen-bond acceptors (Lipinski definition) is 4. The highest BCUT2D eigenvalue weighted by molar-refractivity contribution is 5.22. The summed E-state index contributed by atoms with van der Waals surface area (Å²) >= 11 is 0. The van der Waals surface area contributed by atoms with Gasteiger partial charge in [0, 0.05) is 24.9 Å². The first-order valence-electron chi connectivity index (χ1n) is 5.15. The van der Waals surface area contributed by atoms with Gasteiger partial charge in [0.1, 0.15) is 0 Å². The minimum atomic E-state index is -0.320. The maximum atomic E-state index is 10.6. The van der Waals surface area contributed by atoms with Crippen molar-refractivity contribution >= 4 is 0 Å². The molecule has 0 bridgehead atoms. The molecular formula is C10H14N2O3. The Kier molecular flexibility index (Phi) is 3.01. The summed E-state index contributed by atoms with van der Waals surface area (Å²) in [5.74, 6) is 0. The molecule has 0 unspecified atom stereocenters. The molecule has 1 aliphatic heterocycles. The van der Waals surface area contributed by atoms with Crippen LogP contribution in [0, 0.1) is 10.1 Å². The van der Waals surface area contributed by atoms with Gasteiger partial charge in [-0.3, -0.25) is 10.1 Å². The van der Waals surface area contributed by atoms with Crippen LogP contribution in [0.1, 0.15) is 12.8 Å². The van der Waals surface area contributed by atoms with Gasteiger partial charge < -0.3 is 9.64 Å². The molecule has 5 nitrogen and oxygen atoms in total. The summed E-state index contributed by atoms with van der Waals surface area (Å²) in [7, 11) is 0. The Morgan fingerprint density at radius 2 is 2.13 bits per heavy atom. The van der Waals surface area contributed by atoms with E-state index >= 15 is 0 Å². The summed E-state index contributed by atoms with van der Waals surface area (Å²) in [5.41, 5.74) is 1.30. The van der Waals surface area contributed by atoms with Crippen LogP contribution in [0.3, 0.4) is 0 Å². The Morgan fingerprint density at radius 3 is 2.80 bits per heavy atom. The van der Waals surface area contributed by atoms with Crippen LogP contribution in [0.25, 0.3) is 0 Å². The van der Waals surface area contributed by atoms with Crippen LogP contribution in [-0.4, -0.2) is 36.1 Å². The van der Waals surface area contributed by atoms with Gasteiger partial charge in [-0.2, -0.15) is 0 Å². The Morgan fingerprint density at radius 1 is 1.40 bits per heavy atom. The van der Waals surface area contributed by atoms with Crippen molar-refractivity contribution in [2.24, 2.45) is 0 Å². The molecule has 1 fully saturated rings. The molecule has 0 spiro atoms. The Balaban J connectivity index is 2.08. The van der Waals surface area contributed by atoms with Crippen LogP contribution in [0.2, 0.25) is 0 Å². The fourth-order valence-corrected chi connectivity index (χ4v) is 1.90. The van der Waals surface area contributed by atoms with Crippen LogP contribution in [0.5, 0.6) is 0 Å². The predicted octanol–water partition coefficient (Wildman–Crippen LogP) is 1.16. The largest absolute Gasteiger partial charge is 0.378 e. The van der Waals surface area contributed by atoms with E-state index in [4.69, 9.17) is 4.74 Å². The lowest BCUT2D eigenvalue weighted by atomic mass is 10.1.